The van der Waals surface area contributed by atoms with Crippen molar-refractivity contribution in [2.45, 2.75) is 20.8 Å². The molecule has 94 valence electrons. The summed E-state index contributed by atoms with van der Waals surface area (Å²) < 4.78 is 5.83. The molecule has 1 aromatic heterocycles. The maximum absolute atomic E-state index is 9.07. The number of fused-ring (bicyclic) bond motifs is 1. The van der Waals surface area contributed by atoms with Crippen LogP contribution in [0.3, 0.4) is 0 Å². The van der Waals surface area contributed by atoms with E-state index in [-0.39, 0.29) is 11.0 Å². The first-order valence-corrected chi connectivity index (χ1v) is 5.86. The van der Waals surface area contributed by atoms with Crippen LogP contribution >= 0.6 is 0 Å². The van der Waals surface area contributed by atoms with E-state index in [1.807, 2.05) is 32.9 Å². The Morgan fingerprint density at radius 2 is 1.95 bits per heavy atom. The third-order valence-electron chi connectivity index (χ3n) is 2.80. The van der Waals surface area contributed by atoms with Gasteiger partial charge in [0.2, 0.25) is 0 Å². The van der Waals surface area contributed by atoms with Crippen molar-refractivity contribution in [3.63, 3.8) is 0 Å². The normalized spacial score (nSPS) is 13.5. The summed E-state index contributed by atoms with van der Waals surface area (Å²) in [7, 11) is 0. The van der Waals surface area contributed by atoms with Crippen molar-refractivity contribution in [1.82, 2.24) is 4.98 Å². The van der Waals surface area contributed by atoms with Crippen LogP contribution in [0.25, 0.3) is 5.57 Å². The standard InChI is InChI=1S/C15H13N3O/c1-15(2,3)14-6-11(10(7-16)8-17)12-9-18-5-4-13(12)19-14/h4-6,9H,1-3H3. The summed E-state index contributed by atoms with van der Waals surface area (Å²) in [6, 6.07) is 5.59. The molecule has 0 N–H and O–H groups in total. The maximum atomic E-state index is 9.07. The molecule has 2 heterocycles. The van der Waals surface area contributed by atoms with Gasteiger partial charge in [-0.1, -0.05) is 20.8 Å². The minimum atomic E-state index is -0.206. The predicted octanol–water partition coefficient (Wildman–Crippen LogP) is 3.20. The fourth-order valence-electron chi connectivity index (χ4n) is 1.75. The van der Waals surface area contributed by atoms with Crippen LogP contribution in [0.15, 0.2) is 35.9 Å². The lowest BCUT2D eigenvalue weighted by atomic mass is 9.88. The molecular weight excluding hydrogens is 238 g/mol. The minimum Gasteiger partial charge on any atom is -0.460 e. The Bertz CT molecular complexity index is 648. The zero-order valence-corrected chi connectivity index (χ0v) is 11.1. The molecule has 2 rings (SSSR count). The Labute approximate surface area is 112 Å². The van der Waals surface area contributed by atoms with E-state index < -0.39 is 0 Å². The summed E-state index contributed by atoms with van der Waals surface area (Å²) in [6.07, 6.45) is 4.99. The van der Waals surface area contributed by atoms with E-state index in [2.05, 4.69) is 4.98 Å². The van der Waals surface area contributed by atoms with Crippen LogP contribution in [-0.4, -0.2) is 4.98 Å². The molecule has 0 unspecified atom stereocenters. The van der Waals surface area contributed by atoms with E-state index >= 15 is 0 Å². The second-order valence-electron chi connectivity index (χ2n) is 5.24. The molecule has 0 amide bonds. The first-order chi connectivity index (χ1) is 8.97. The monoisotopic (exact) mass is 251 g/mol. The van der Waals surface area contributed by atoms with Crippen LogP contribution < -0.4 is 4.74 Å². The highest BCUT2D eigenvalue weighted by Gasteiger charge is 2.27. The van der Waals surface area contributed by atoms with Crippen LogP contribution in [0.5, 0.6) is 5.75 Å². The molecule has 0 bridgehead atoms. The van der Waals surface area contributed by atoms with Crippen molar-refractivity contribution in [2.75, 3.05) is 0 Å². The van der Waals surface area contributed by atoms with Gasteiger partial charge in [-0.05, 0) is 12.1 Å². The topological polar surface area (TPSA) is 69.7 Å². The number of pyridine rings is 1. The molecule has 19 heavy (non-hydrogen) atoms. The van der Waals surface area contributed by atoms with Gasteiger partial charge in [0.15, 0.2) is 0 Å². The molecule has 0 saturated carbocycles. The largest absolute Gasteiger partial charge is 0.460 e. The number of nitriles is 2. The van der Waals surface area contributed by atoms with Crippen LogP contribution in [0.2, 0.25) is 0 Å². The Hall–Kier alpha value is -2.59. The summed E-state index contributed by atoms with van der Waals surface area (Å²) in [5, 5.41) is 18.1. The molecule has 0 saturated heterocycles. The molecule has 4 heteroatoms. The molecule has 1 aliphatic rings. The van der Waals surface area contributed by atoms with Crippen LogP contribution in [0, 0.1) is 28.1 Å². The molecule has 0 spiro atoms. The Morgan fingerprint density at radius 1 is 1.26 bits per heavy atom. The lowest BCUT2D eigenvalue weighted by Crippen LogP contribution is -2.18. The number of ether oxygens (including phenoxy) is 1. The second-order valence-corrected chi connectivity index (χ2v) is 5.24. The Balaban J connectivity index is 2.72. The van der Waals surface area contributed by atoms with Gasteiger partial charge in [-0.3, -0.25) is 4.98 Å². The zero-order chi connectivity index (χ0) is 14.0. The first kappa shape index (κ1) is 12.9. The number of aromatic nitrogens is 1. The molecule has 0 aromatic carbocycles. The van der Waals surface area contributed by atoms with Crippen molar-refractivity contribution in [2.24, 2.45) is 5.41 Å². The van der Waals surface area contributed by atoms with Gasteiger partial charge < -0.3 is 4.74 Å². The van der Waals surface area contributed by atoms with E-state index in [4.69, 9.17) is 15.3 Å². The van der Waals surface area contributed by atoms with Crippen LogP contribution in [-0.2, 0) is 0 Å². The van der Waals surface area contributed by atoms with Crippen molar-refractivity contribution in [3.05, 3.63) is 41.4 Å². The molecule has 1 aliphatic heterocycles. The van der Waals surface area contributed by atoms with Gasteiger partial charge in [0.05, 0.1) is 0 Å². The second kappa shape index (κ2) is 4.59. The maximum Gasteiger partial charge on any atom is 0.137 e. The van der Waals surface area contributed by atoms with Gasteiger partial charge in [0.25, 0.3) is 0 Å². The molecule has 0 atom stereocenters. The Kier molecular flexibility index (Phi) is 3.10. The SMILES string of the molecule is CC(C)(C)C1=CC(=C(C#N)C#N)c2cnccc2O1. The molecule has 4 nitrogen and oxygen atoms in total. The van der Waals surface area contributed by atoms with E-state index in [0.29, 0.717) is 16.9 Å². The number of rotatable bonds is 0. The Morgan fingerprint density at radius 3 is 2.53 bits per heavy atom. The number of nitrogens with zero attached hydrogens (tertiary/aromatic N) is 3. The summed E-state index contributed by atoms with van der Waals surface area (Å²) in [5.74, 6) is 1.35. The summed E-state index contributed by atoms with van der Waals surface area (Å²) in [4.78, 5) is 4.02. The average molecular weight is 251 g/mol. The van der Waals surface area contributed by atoms with Crippen molar-refractivity contribution < 1.29 is 4.74 Å². The molecule has 0 radical (unpaired) electrons. The zero-order valence-electron chi connectivity index (χ0n) is 11.1. The quantitative estimate of drug-likeness (QED) is 0.664. The fourth-order valence-corrected chi connectivity index (χ4v) is 1.75. The van der Waals surface area contributed by atoms with Gasteiger partial charge in [-0.2, -0.15) is 10.5 Å². The van der Waals surface area contributed by atoms with Gasteiger partial charge in [0.1, 0.15) is 29.2 Å². The molecule has 1 aromatic rings. The van der Waals surface area contributed by atoms with Crippen LogP contribution in [0.4, 0.5) is 0 Å². The fraction of sp³-hybridized carbons (Fsp3) is 0.267. The van der Waals surface area contributed by atoms with E-state index in [1.54, 1.807) is 24.5 Å². The number of hydrogen-bond acceptors (Lipinski definition) is 4. The predicted molar refractivity (Wildman–Crippen MR) is 70.5 cm³/mol. The van der Waals surface area contributed by atoms with Gasteiger partial charge in [-0.25, -0.2) is 0 Å². The molecular formula is C15H13N3O. The van der Waals surface area contributed by atoms with Gasteiger partial charge in [-0.15, -0.1) is 0 Å². The average Bonchev–Trinajstić information content (AvgIpc) is 2.38. The summed E-state index contributed by atoms with van der Waals surface area (Å²) in [6.45, 7) is 6.04. The van der Waals surface area contributed by atoms with Crippen LogP contribution in [0.1, 0.15) is 26.3 Å². The van der Waals surface area contributed by atoms with Crippen molar-refractivity contribution in [1.29, 1.82) is 10.5 Å². The van der Waals surface area contributed by atoms with Crippen molar-refractivity contribution in [3.8, 4) is 17.9 Å². The third kappa shape index (κ3) is 2.34. The molecule has 0 aliphatic carbocycles. The van der Waals surface area contributed by atoms with E-state index in [9.17, 15) is 0 Å². The van der Waals surface area contributed by atoms with E-state index in [1.165, 1.54) is 0 Å². The smallest absolute Gasteiger partial charge is 0.137 e. The number of hydrogen-bond donors (Lipinski definition) is 0. The highest BCUT2D eigenvalue weighted by atomic mass is 16.5. The highest BCUT2D eigenvalue weighted by Crippen LogP contribution is 2.39. The number of allylic oxidation sites excluding steroid dienone is 4. The minimum absolute atomic E-state index is 0.0688. The van der Waals surface area contributed by atoms with Crippen molar-refractivity contribution >= 4 is 5.57 Å². The highest BCUT2D eigenvalue weighted by molar-refractivity contribution is 5.86. The molecule has 0 fully saturated rings. The lowest BCUT2D eigenvalue weighted by Gasteiger charge is -2.28. The van der Waals surface area contributed by atoms with E-state index in [0.717, 1.165) is 5.76 Å². The third-order valence-corrected chi connectivity index (χ3v) is 2.80. The first-order valence-electron chi connectivity index (χ1n) is 5.86. The lowest BCUT2D eigenvalue weighted by molar-refractivity contribution is 0.290. The van der Waals surface area contributed by atoms with Gasteiger partial charge >= 0.3 is 0 Å². The summed E-state index contributed by atoms with van der Waals surface area (Å²) >= 11 is 0. The summed E-state index contributed by atoms with van der Waals surface area (Å²) in [5.41, 5.74) is 1.11. The van der Waals surface area contributed by atoms with Gasteiger partial charge in [0, 0.05) is 28.9 Å².